The van der Waals surface area contributed by atoms with E-state index in [1.165, 1.54) is 12.1 Å². The van der Waals surface area contributed by atoms with Crippen molar-refractivity contribution < 1.29 is 4.39 Å². The van der Waals surface area contributed by atoms with Gasteiger partial charge in [-0.3, -0.25) is 0 Å². The number of nitrogens with two attached hydrogens (primary N) is 1. The van der Waals surface area contributed by atoms with Crippen LogP contribution in [0.1, 0.15) is 5.56 Å². The quantitative estimate of drug-likeness (QED) is 0.846. The third-order valence-corrected chi connectivity index (χ3v) is 3.11. The first-order valence-electron chi connectivity index (χ1n) is 5.19. The van der Waals surface area contributed by atoms with Gasteiger partial charge in [-0.15, -0.1) is 0 Å². The molecule has 0 amide bonds. The van der Waals surface area contributed by atoms with Crippen molar-refractivity contribution in [3.8, 4) is 0 Å². The summed E-state index contributed by atoms with van der Waals surface area (Å²) < 4.78 is 13.6. The van der Waals surface area contributed by atoms with Crippen molar-refractivity contribution in [1.29, 1.82) is 0 Å². The van der Waals surface area contributed by atoms with Crippen LogP contribution in [-0.4, -0.2) is 0 Å². The maximum Gasteiger partial charge on any atom is 0.124 e. The van der Waals surface area contributed by atoms with Gasteiger partial charge in [-0.2, -0.15) is 0 Å². The van der Waals surface area contributed by atoms with Crippen LogP contribution in [-0.2, 0) is 6.54 Å². The Morgan fingerprint density at radius 3 is 2.65 bits per heavy atom. The molecule has 0 fully saturated rings. The van der Waals surface area contributed by atoms with E-state index in [1.807, 2.05) is 24.3 Å². The van der Waals surface area contributed by atoms with Crippen LogP contribution in [0.15, 0.2) is 46.9 Å². The number of hydrogen-bond donors (Lipinski definition) is 2. The first-order chi connectivity index (χ1) is 8.16. The highest BCUT2D eigenvalue weighted by molar-refractivity contribution is 9.10. The Morgan fingerprint density at radius 1 is 1.18 bits per heavy atom. The van der Waals surface area contributed by atoms with Crippen LogP contribution < -0.4 is 11.1 Å². The zero-order valence-electron chi connectivity index (χ0n) is 9.08. The zero-order valence-corrected chi connectivity index (χ0v) is 10.7. The van der Waals surface area contributed by atoms with Crippen molar-refractivity contribution in [1.82, 2.24) is 0 Å². The van der Waals surface area contributed by atoms with E-state index < -0.39 is 0 Å². The van der Waals surface area contributed by atoms with Crippen LogP contribution in [0.2, 0.25) is 0 Å². The molecule has 0 heterocycles. The molecule has 3 N–H and O–H groups in total. The second-order valence-corrected chi connectivity index (χ2v) is 4.53. The van der Waals surface area contributed by atoms with Crippen molar-refractivity contribution in [2.45, 2.75) is 6.54 Å². The van der Waals surface area contributed by atoms with Gasteiger partial charge < -0.3 is 11.1 Å². The second-order valence-electron chi connectivity index (χ2n) is 3.68. The summed E-state index contributed by atoms with van der Waals surface area (Å²) in [6, 6.07) is 12.2. The molecule has 0 radical (unpaired) electrons. The van der Waals surface area contributed by atoms with Crippen molar-refractivity contribution in [3.63, 3.8) is 0 Å². The number of anilines is 2. The smallest absolute Gasteiger partial charge is 0.124 e. The number of halogens is 2. The number of nitrogen functional groups attached to an aromatic ring is 1. The second kappa shape index (κ2) is 5.19. The Morgan fingerprint density at radius 2 is 1.94 bits per heavy atom. The first kappa shape index (κ1) is 11.9. The highest BCUT2D eigenvalue weighted by Gasteiger charge is 2.02. The number of benzene rings is 2. The fourth-order valence-corrected chi connectivity index (χ4v) is 2.01. The van der Waals surface area contributed by atoms with Gasteiger partial charge in [0.1, 0.15) is 5.82 Å². The molecule has 0 aliphatic heterocycles. The van der Waals surface area contributed by atoms with Gasteiger partial charge >= 0.3 is 0 Å². The number of hydrogen-bond acceptors (Lipinski definition) is 2. The summed E-state index contributed by atoms with van der Waals surface area (Å²) in [7, 11) is 0. The van der Waals surface area contributed by atoms with Gasteiger partial charge in [0.05, 0.1) is 0 Å². The molecule has 0 aliphatic rings. The lowest BCUT2D eigenvalue weighted by atomic mass is 10.2. The molecule has 17 heavy (non-hydrogen) atoms. The van der Waals surface area contributed by atoms with Gasteiger partial charge in [-0.1, -0.05) is 18.2 Å². The van der Waals surface area contributed by atoms with Gasteiger partial charge in [0.25, 0.3) is 0 Å². The molecule has 2 aromatic rings. The first-order valence-corrected chi connectivity index (χ1v) is 5.98. The predicted molar refractivity (Wildman–Crippen MR) is 72.3 cm³/mol. The van der Waals surface area contributed by atoms with Crippen molar-refractivity contribution in [2.24, 2.45) is 0 Å². The molecule has 2 rings (SSSR count). The molecule has 0 bridgehead atoms. The number of rotatable bonds is 3. The maximum absolute atomic E-state index is 12.9. The average molecular weight is 295 g/mol. The molecule has 88 valence electrons. The van der Waals surface area contributed by atoms with Gasteiger partial charge in [-0.05, 0) is 45.8 Å². The molecule has 2 nitrogen and oxygen atoms in total. The highest BCUT2D eigenvalue weighted by atomic mass is 79.9. The molecule has 0 saturated carbocycles. The normalized spacial score (nSPS) is 10.2. The summed E-state index contributed by atoms with van der Waals surface area (Å²) in [5, 5.41) is 3.20. The van der Waals surface area contributed by atoms with E-state index in [9.17, 15) is 4.39 Å². The summed E-state index contributed by atoms with van der Waals surface area (Å²) in [5.41, 5.74) is 8.44. The fraction of sp³-hybridized carbons (Fsp3) is 0.0769. The lowest BCUT2D eigenvalue weighted by Crippen LogP contribution is -2.03. The van der Waals surface area contributed by atoms with Crippen LogP contribution >= 0.6 is 15.9 Å². The molecular weight excluding hydrogens is 283 g/mol. The molecule has 2 aromatic carbocycles. The minimum absolute atomic E-state index is 0.262. The van der Waals surface area contributed by atoms with E-state index in [4.69, 9.17) is 5.73 Å². The lowest BCUT2D eigenvalue weighted by Gasteiger charge is -2.10. The van der Waals surface area contributed by atoms with Gasteiger partial charge in [0.2, 0.25) is 0 Å². The molecule has 0 aromatic heterocycles. The van der Waals surface area contributed by atoms with Crippen LogP contribution in [0.3, 0.4) is 0 Å². The summed E-state index contributed by atoms with van der Waals surface area (Å²) in [6.45, 7) is 0.608. The summed E-state index contributed by atoms with van der Waals surface area (Å²) in [6.07, 6.45) is 0. The highest BCUT2D eigenvalue weighted by Crippen LogP contribution is 2.24. The van der Waals surface area contributed by atoms with E-state index in [2.05, 4.69) is 21.2 Å². The van der Waals surface area contributed by atoms with E-state index in [1.54, 1.807) is 6.07 Å². The Hall–Kier alpha value is -1.55. The number of para-hydroxylation sites is 1. The van der Waals surface area contributed by atoms with Crippen LogP contribution in [0.5, 0.6) is 0 Å². The molecular formula is C13H12BrFN2. The van der Waals surface area contributed by atoms with E-state index in [-0.39, 0.29) is 5.82 Å². The van der Waals surface area contributed by atoms with Crippen LogP contribution in [0.25, 0.3) is 0 Å². The van der Waals surface area contributed by atoms with Crippen molar-refractivity contribution in [3.05, 3.63) is 58.3 Å². The lowest BCUT2D eigenvalue weighted by molar-refractivity contribution is 0.627. The fourth-order valence-electron chi connectivity index (χ4n) is 1.52. The molecule has 0 unspecified atom stereocenters. The average Bonchev–Trinajstić information content (AvgIpc) is 2.30. The maximum atomic E-state index is 12.9. The van der Waals surface area contributed by atoms with Crippen molar-refractivity contribution >= 4 is 27.3 Å². The monoisotopic (exact) mass is 294 g/mol. The third kappa shape index (κ3) is 2.97. The van der Waals surface area contributed by atoms with Gasteiger partial charge in [-0.25, -0.2) is 4.39 Å². The van der Waals surface area contributed by atoms with Gasteiger partial charge in [0.15, 0.2) is 0 Å². The molecule has 4 heteroatoms. The summed E-state index contributed by atoms with van der Waals surface area (Å²) >= 11 is 3.31. The third-order valence-electron chi connectivity index (χ3n) is 2.46. The van der Waals surface area contributed by atoms with Crippen LogP contribution in [0, 0.1) is 5.82 Å². The van der Waals surface area contributed by atoms with E-state index >= 15 is 0 Å². The Labute approximate surface area is 108 Å². The minimum Gasteiger partial charge on any atom is -0.398 e. The Balaban J connectivity index is 2.10. The van der Waals surface area contributed by atoms with Crippen molar-refractivity contribution in [2.75, 3.05) is 11.1 Å². The topological polar surface area (TPSA) is 38.0 Å². The predicted octanol–water partition coefficient (Wildman–Crippen LogP) is 3.78. The minimum atomic E-state index is -0.262. The molecule has 0 aliphatic carbocycles. The van der Waals surface area contributed by atoms with E-state index in [0.717, 1.165) is 16.9 Å². The summed E-state index contributed by atoms with van der Waals surface area (Å²) in [4.78, 5) is 0. The SMILES string of the molecule is Nc1ccccc1CNc1ccc(F)cc1Br. The Bertz CT molecular complexity index is 529. The van der Waals surface area contributed by atoms with E-state index in [0.29, 0.717) is 11.0 Å². The largest absolute Gasteiger partial charge is 0.398 e. The van der Waals surface area contributed by atoms with Crippen LogP contribution in [0.4, 0.5) is 15.8 Å². The standard InChI is InChI=1S/C13H12BrFN2/c14-11-7-10(15)5-6-13(11)17-8-9-3-1-2-4-12(9)16/h1-7,17H,8,16H2. The summed E-state index contributed by atoms with van der Waals surface area (Å²) in [5.74, 6) is -0.262. The molecule has 0 spiro atoms. The Kier molecular flexibility index (Phi) is 3.64. The zero-order chi connectivity index (χ0) is 12.3. The van der Waals surface area contributed by atoms with Gasteiger partial charge in [0, 0.05) is 22.4 Å². The molecule has 0 saturated heterocycles. The molecule has 0 atom stereocenters. The number of nitrogens with one attached hydrogen (secondary N) is 1.